The molecule has 0 saturated carbocycles. The van der Waals surface area contributed by atoms with Crippen molar-refractivity contribution in [3.05, 3.63) is 51.6 Å². The molecule has 8 nitrogen and oxygen atoms in total. The zero-order valence-corrected chi connectivity index (χ0v) is 16.7. The van der Waals surface area contributed by atoms with Gasteiger partial charge in [-0.25, -0.2) is 4.68 Å². The summed E-state index contributed by atoms with van der Waals surface area (Å²) in [6, 6.07) is 7.82. The number of aryl methyl sites for hydroxylation is 1. The Hall–Kier alpha value is -2.58. The van der Waals surface area contributed by atoms with Crippen molar-refractivity contribution in [1.82, 2.24) is 30.1 Å². The van der Waals surface area contributed by atoms with E-state index in [9.17, 15) is 4.79 Å². The molecule has 2 aliphatic heterocycles. The van der Waals surface area contributed by atoms with E-state index in [1.807, 2.05) is 22.9 Å². The summed E-state index contributed by atoms with van der Waals surface area (Å²) in [5, 5.41) is 13.6. The summed E-state index contributed by atoms with van der Waals surface area (Å²) in [4.78, 5) is 18.5. The molecule has 2 aromatic heterocycles. The minimum absolute atomic E-state index is 0.0788. The van der Waals surface area contributed by atoms with Gasteiger partial charge >= 0.3 is 0 Å². The van der Waals surface area contributed by atoms with E-state index in [4.69, 9.17) is 4.74 Å². The van der Waals surface area contributed by atoms with E-state index >= 15 is 0 Å². The van der Waals surface area contributed by atoms with Gasteiger partial charge in [0.2, 0.25) is 0 Å². The number of pyridine rings is 1. The van der Waals surface area contributed by atoms with E-state index in [-0.39, 0.29) is 17.7 Å². The van der Waals surface area contributed by atoms with E-state index in [1.54, 1.807) is 0 Å². The summed E-state index contributed by atoms with van der Waals surface area (Å²) < 4.78 is 7.62. The molecule has 0 aliphatic carbocycles. The fourth-order valence-corrected chi connectivity index (χ4v) is 4.56. The normalized spacial score (nSPS) is 21.2. The van der Waals surface area contributed by atoms with Gasteiger partial charge in [-0.3, -0.25) is 9.69 Å². The summed E-state index contributed by atoms with van der Waals surface area (Å²) in [6.45, 7) is 5.34. The second kappa shape index (κ2) is 7.68. The zero-order valence-electron chi connectivity index (χ0n) is 16.7. The number of ether oxygens (including phenoxy) is 1. The fourth-order valence-electron chi connectivity index (χ4n) is 4.56. The predicted octanol–water partition coefficient (Wildman–Crippen LogP) is 2.19. The summed E-state index contributed by atoms with van der Waals surface area (Å²) in [5.41, 5.74) is 2.64. The monoisotopic (exact) mass is 394 g/mol. The second-order valence-corrected chi connectivity index (χ2v) is 8.14. The lowest BCUT2D eigenvalue weighted by molar-refractivity contribution is 0.0912. The summed E-state index contributed by atoms with van der Waals surface area (Å²) >= 11 is 0. The Bertz CT molecular complexity index is 1060. The van der Waals surface area contributed by atoms with Crippen LogP contribution in [0.1, 0.15) is 48.7 Å². The smallest absolute Gasteiger partial charge is 0.253 e. The molecule has 5 rings (SSSR count). The number of nitrogens with zero attached hydrogens (tertiary/aromatic N) is 5. The molecule has 2 saturated heterocycles. The number of aromatic amines is 1. The Morgan fingerprint density at radius 1 is 1.24 bits per heavy atom. The van der Waals surface area contributed by atoms with E-state index in [0.29, 0.717) is 12.1 Å². The van der Waals surface area contributed by atoms with Crippen LogP contribution in [0.3, 0.4) is 0 Å². The first-order valence-electron chi connectivity index (χ1n) is 10.4. The van der Waals surface area contributed by atoms with Gasteiger partial charge in [0.15, 0.2) is 5.82 Å². The predicted molar refractivity (Wildman–Crippen MR) is 109 cm³/mol. The number of rotatable bonds is 5. The molecule has 1 aromatic carbocycles. The van der Waals surface area contributed by atoms with E-state index in [0.717, 1.165) is 67.7 Å². The molecule has 1 N–H and O–H groups in total. The number of tetrazole rings is 1. The van der Waals surface area contributed by atoms with Gasteiger partial charge in [-0.1, -0.05) is 11.6 Å². The average Bonchev–Trinajstić information content (AvgIpc) is 3.47. The van der Waals surface area contributed by atoms with Crippen LogP contribution in [0.4, 0.5) is 0 Å². The standard InChI is InChI=1S/C21H26N6O2/c1-14-6-7-18-15(11-14)12-17(21(28)22-18)19(26-8-2-3-9-26)20-23-24-25-27(20)13-16-5-4-10-29-16/h6-7,11-12,16,19H,2-5,8-10,13H2,1H3,(H,22,28). The molecule has 3 aromatic rings. The lowest BCUT2D eigenvalue weighted by atomic mass is 10.0. The van der Waals surface area contributed by atoms with Crippen molar-refractivity contribution < 1.29 is 4.74 Å². The highest BCUT2D eigenvalue weighted by molar-refractivity contribution is 5.79. The van der Waals surface area contributed by atoms with E-state index in [2.05, 4.69) is 38.4 Å². The highest BCUT2D eigenvalue weighted by atomic mass is 16.5. The molecule has 2 fully saturated rings. The first-order chi connectivity index (χ1) is 14.2. The number of fused-ring (bicyclic) bond motifs is 1. The molecule has 8 heteroatoms. The summed E-state index contributed by atoms with van der Waals surface area (Å²) in [7, 11) is 0. The van der Waals surface area contributed by atoms with Crippen LogP contribution in [-0.2, 0) is 11.3 Å². The minimum atomic E-state index is -0.262. The molecule has 0 amide bonds. The second-order valence-electron chi connectivity index (χ2n) is 8.14. The van der Waals surface area contributed by atoms with Crippen molar-refractivity contribution in [3.8, 4) is 0 Å². The maximum absolute atomic E-state index is 13.1. The molecule has 0 radical (unpaired) electrons. The Balaban J connectivity index is 1.60. The van der Waals surface area contributed by atoms with Gasteiger partial charge in [-0.2, -0.15) is 0 Å². The number of aromatic nitrogens is 5. The van der Waals surface area contributed by atoms with Crippen LogP contribution >= 0.6 is 0 Å². The van der Waals surface area contributed by atoms with Gasteiger partial charge in [0, 0.05) is 17.7 Å². The highest BCUT2D eigenvalue weighted by Gasteiger charge is 2.32. The van der Waals surface area contributed by atoms with Gasteiger partial charge in [0.1, 0.15) is 6.04 Å². The van der Waals surface area contributed by atoms with E-state index < -0.39 is 0 Å². The van der Waals surface area contributed by atoms with Crippen LogP contribution < -0.4 is 5.56 Å². The van der Waals surface area contributed by atoms with Gasteiger partial charge in [-0.15, -0.1) is 5.10 Å². The van der Waals surface area contributed by atoms with Crippen LogP contribution in [0.2, 0.25) is 0 Å². The maximum atomic E-state index is 13.1. The summed E-state index contributed by atoms with van der Waals surface area (Å²) in [6.07, 6.45) is 4.46. The minimum Gasteiger partial charge on any atom is -0.376 e. The van der Waals surface area contributed by atoms with Gasteiger partial charge < -0.3 is 9.72 Å². The fraction of sp³-hybridized carbons (Fsp3) is 0.524. The number of nitrogens with one attached hydrogen (secondary N) is 1. The average molecular weight is 394 g/mol. The van der Waals surface area contributed by atoms with Crippen LogP contribution in [0.5, 0.6) is 0 Å². The molecule has 152 valence electrons. The Kier molecular flexibility index (Phi) is 4.89. The number of H-pyrrole nitrogens is 1. The number of likely N-dealkylation sites (tertiary alicyclic amines) is 1. The molecule has 0 bridgehead atoms. The van der Waals surface area contributed by atoms with Crippen molar-refractivity contribution in [2.24, 2.45) is 0 Å². The number of hydrogen-bond acceptors (Lipinski definition) is 6. The molecule has 2 unspecified atom stereocenters. The highest BCUT2D eigenvalue weighted by Crippen LogP contribution is 2.30. The molecular weight excluding hydrogens is 368 g/mol. The molecule has 0 spiro atoms. The van der Waals surface area contributed by atoms with E-state index in [1.165, 1.54) is 0 Å². The number of hydrogen-bond donors (Lipinski definition) is 1. The zero-order chi connectivity index (χ0) is 19.8. The first-order valence-corrected chi connectivity index (χ1v) is 10.4. The van der Waals surface area contributed by atoms with Crippen molar-refractivity contribution in [1.29, 1.82) is 0 Å². The molecular formula is C21H26N6O2. The molecule has 29 heavy (non-hydrogen) atoms. The van der Waals surface area contributed by atoms with Gasteiger partial charge in [0.25, 0.3) is 5.56 Å². The van der Waals surface area contributed by atoms with Crippen molar-refractivity contribution in [3.63, 3.8) is 0 Å². The first kappa shape index (κ1) is 18.4. The lowest BCUT2D eigenvalue weighted by Gasteiger charge is -2.27. The van der Waals surface area contributed by atoms with Crippen LogP contribution in [-0.4, -0.2) is 55.9 Å². The largest absolute Gasteiger partial charge is 0.376 e. The van der Waals surface area contributed by atoms with Crippen LogP contribution in [0.25, 0.3) is 10.9 Å². The van der Waals surface area contributed by atoms with Crippen molar-refractivity contribution >= 4 is 10.9 Å². The van der Waals surface area contributed by atoms with Crippen LogP contribution in [0.15, 0.2) is 29.1 Å². The number of benzene rings is 1. The Morgan fingerprint density at radius 2 is 2.10 bits per heavy atom. The molecule has 4 heterocycles. The van der Waals surface area contributed by atoms with Crippen molar-refractivity contribution in [2.45, 2.75) is 51.3 Å². The summed E-state index contributed by atoms with van der Waals surface area (Å²) in [5.74, 6) is 0.722. The topological polar surface area (TPSA) is 88.9 Å². The maximum Gasteiger partial charge on any atom is 0.253 e. The quantitative estimate of drug-likeness (QED) is 0.714. The Labute approximate surface area is 168 Å². The van der Waals surface area contributed by atoms with Gasteiger partial charge in [0.05, 0.1) is 12.6 Å². The third-order valence-corrected chi connectivity index (χ3v) is 6.03. The SMILES string of the molecule is Cc1ccc2[nH]c(=O)c(C(c3nnnn3CC3CCCO3)N3CCCC3)cc2c1. The third-order valence-electron chi connectivity index (χ3n) is 6.03. The Morgan fingerprint density at radius 3 is 2.90 bits per heavy atom. The lowest BCUT2D eigenvalue weighted by Crippen LogP contribution is -2.34. The molecule has 2 atom stereocenters. The van der Waals surface area contributed by atoms with Gasteiger partial charge in [-0.05, 0) is 79.7 Å². The van der Waals surface area contributed by atoms with Crippen LogP contribution in [0, 0.1) is 6.92 Å². The third kappa shape index (κ3) is 3.58. The van der Waals surface area contributed by atoms with Crippen molar-refractivity contribution in [2.75, 3.05) is 19.7 Å². The molecule has 2 aliphatic rings.